The van der Waals surface area contributed by atoms with Crippen LogP contribution in [0.25, 0.3) is 0 Å². The van der Waals surface area contributed by atoms with Gasteiger partial charge in [-0.3, -0.25) is 14.5 Å². The van der Waals surface area contributed by atoms with Gasteiger partial charge in [0.1, 0.15) is 5.82 Å². The first-order chi connectivity index (χ1) is 12.2. The number of nitrogens with zero attached hydrogens (tertiary/aromatic N) is 5. The predicted molar refractivity (Wildman–Crippen MR) is 93.3 cm³/mol. The summed E-state index contributed by atoms with van der Waals surface area (Å²) in [6.07, 6.45) is 8.34. The normalized spacial score (nSPS) is 10.4. The molecule has 0 spiro atoms. The van der Waals surface area contributed by atoms with E-state index in [1.807, 2.05) is 25.3 Å². The van der Waals surface area contributed by atoms with Crippen LogP contribution < -0.4 is 16.4 Å². The Hall–Kier alpha value is -3.49. The third kappa shape index (κ3) is 4.08. The molecule has 0 radical (unpaired) electrons. The van der Waals surface area contributed by atoms with Crippen molar-refractivity contribution in [3.63, 3.8) is 0 Å². The molecule has 9 heteroatoms. The van der Waals surface area contributed by atoms with Gasteiger partial charge in [-0.2, -0.15) is 10.1 Å². The molecule has 128 valence electrons. The van der Waals surface area contributed by atoms with E-state index in [-0.39, 0.29) is 5.56 Å². The smallest absolute Gasteiger partial charge is 0.254 e. The summed E-state index contributed by atoms with van der Waals surface area (Å²) < 4.78 is 1.78. The SMILES string of the molecule is CCn1cc(Nc2ncc(C(N)=O)c(NCc3cccnc3)n2)cn1. The average molecular weight is 338 g/mol. The second kappa shape index (κ2) is 7.39. The van der Waals surface area contributed by atoms with E-state index in [1.54, 1.807) is 23.3 Å². The van der Waals surface area contributed by atoms with Crippen LogP contribution in [0.5, 0.6) is 0 Å². The molecule has 4 N–H and O–H groups in total. The van der Waals surface area contributed by atoms with Gasteiger partial charge in [0.25, 0.3) is 5.91 Å². The molecule has 0 saturated heterocycles. The fraction of sp³-hybridized carbons (Fsp3) is 0.188. The van der Waals surface area contributed by atoms with E-state index in [0.29, 0.717) is 18.3 Å². The summed E-state index contributed by atoms with van der Waals surface area (Å²) in [4.78, 5) is 24.1. The molecule has 3 heterocycles. The van der Waals surface area contributed by atoms with Gasteiger partial charge in [-0.05, 0) is 18.6 Å². The summed E-state index contributed by atoms with van der Waals surface area (Å²) in [6, 6.07) is 3.76. The first kappa shape index (κ1) is 16.4. The lowest BCUT2D eigenvalue weighted by molar-refractivity contribution is 0.100. The first-order valence-electron chi connectivity index (χ1n) is 7.75. The molecule has 0 fully saturated rings. The van der Waals surface area contributed by atoms with Crippen molar-refractivity contribution in [3.8, 4) is 0 Å². The van der Waals surface area contributed by atoms with Crippen LogP contribution in [0.4, 0.5) is 17.5 Å². The van der Waals surface area contributed by atoms with Crippen molar-refractivity contribution in [1.29, 1.82) is 0 Å². The van der Waals surface area contributed by atoms with Crippen LogP contribution in [0.3, 0.4) is 0 Å². The van der Waals surface area contributed by atoms with Crippen LogP contribution in [0.1, 0.15) is 22.8 Å². The lowest BCUT2D eigenvalue weighted by atomic mass is 10.2. The van der Waals surface area contributed by atoms with Crippen LogP contribution >= 0.6 is 0 Å². The quantitative estimate of drug-likeness (QED) is 0.597. The van der Waals surface area contributed by atoms with Crippen LogP contribution in [-0.2, 0) is 13.1 Å². The highest BCUT2D eigenvalue weighted by molar-refractivity contribution is 5.97. The average Bonchev–Trinajstić information content (AvgIpc) is 3.08. The largest absolute Gasteiger partial charge is 0.365 e. The second-order valence-corrected chi connectivity index (χ2v) is 5.24. The molecule has 0 atom stereocenters. The molecule has 0 unspecified atom stereocenters. The Kier molecular flexibility index (Phi) is 4.84. The summed E-state index contributed by atoms with van der Waals surface area (Å²) in [5.41, 5.74) is 7.33. The summed E-state index contributed by atoms with van der Waals surface area (Å²) in [5.74, 6) is 0.102. The number of aromatic nitrogens is 5. The molecule has 3 aromatic heterocycles. The van der Waals surface area contributed by atoms with Gasteiger partial charge in [-0.15, -0.1) is 0 Å². The number of anilines is 3. The van der Waals surface area contributed by atoms with Crippen molar-refractivity contribution >= 4 is 23.4 Å². The zero-order chi connectivity index (χ0) is 17.6. The Morgan fingerprint density at radius 1 is 1.32 bits per heavy atom. The number of nitrogens with one attached hydrogen (secondary N) is 2. The van der Waals surface area contributed by atoms with E-state index in [9.17, 15) is 4.79 Å². The van der Waals surface area contributed by atoms with Gasteiger partial charge < -0.3 is 16.4 Å². The first-order valence-corrected chi connectivity index (χ1v) is 7.75. The molecule has 0 saturated carbocycles. The summed E-state index contributed by atoms with van der Waals surface area (Å²) >= 11 is 0. The zero-order valence-electron chi connectivity index (χ0n) is 13.7. The Labute approximate surface area is 144 Å². The number of carbonyl (C=O) groups is 1. The Morgan fingerprint density at radius 2 is 2.20 bits per heavy atom. The lowest BCUT2D eigenvalue weighted by Crippen LogP contribution is -2.17. The van der Waals surface area contributed by atoms with Crippen molar-refractivity contribution < 1.29 is 4.79 Å². The number of amides is 1. The maximum atomic E-state index is 11.6. The lowest BCUT2D eigenvalue weighted by Gasteiger charge is -2.10. The van der Waals surface area contributed by atoms with E-state index >= 15 is 0 Å². The van der Waals surface area contributed by atoms with E-state index < -0.39 is 5.91 Å². The maximum Gasteiger partial charge on any atom is 0.254 e. The maximum absolute atomic E-state index is 11.6. The monoisotopic (exact) mass is 338 g/mol. The van der Waals surface area contributed by atoms with Crippen molar-refractivity contribution in [2.24, 2.45) is 5.73 Å². The molecule has 0 aromatic carbocycles. The zero-order valence-corrected chi connectivity index (χ0v) is 13.7. The third-order valence-corrected chi connectivity index (χ3v) is 3.45. The third-order valence-electron chi connectivity index (χ3n) is 3.45. The Balaban J connectivity index is 1.80. The highest BCUT2D eigenvalue weighted by Gasteiger charge is 2.12. The molecule has 3 aromatic rings. The van der Waals surface area contributed by atoms with Gasteiger partial charge >= 0.3 is 0 Å². The van der Waals surface area contributed by atoms with E-state index in [2.05, 4.69) is 30.7 Å². The molecule has 25 heavy (non-hydrogen) atoms. The van der Waals surface area contributed by atoms with Crippen LogP contribution in [-0.4, -0.2) is 30.6 Å². The molecule has 9 nitrogen and oxygen atoms in total. The molecule has 0 aliphatic carbocycles. The minimum Gasteiger partial charge on any atom is -0.365 e. The van der Waals surface area contributed by atoms with Crippen molar-refractivity contribution in [3.05, 3.63) is 54.2 Å². The van der Waals surface area contributed by atoms with Gasteiger partial charge in [-0.1, -0.05) is 6.07 Å². The van der Waals surface area contributed by atoms with Crippen molar-refractivity contribution in [2.45, 2.75) is 20.0 Å². The van der Waals surface area contributed by atoms with Gasteiger partial charge in [-0.25, -0.2) is 4.98 Å². The van der Waals surface area contributed by atoms with E-state index in [1.165, 1.54) is 6.20 Å². The summed E-state index contributed by atoms with van der Waals surface area (Å²) in [7, 11) is 0. The van der Waals surface area contributed by atoms with Gasteiger partial charge in [0.05, 0.1) is 17.4 Å². The fourth-order valence-electron chi connectivity index (χ4n) is 2.18. The van der Waals surface area contributed by atoms with Crippen LogP contribution in [0, 0.1) is 0 Å². The number of nitrogens with two attached hydrogens (primary N) is 1. The van der Waals surface area contributed by atoms with Crippen LogP contribution in [0.15, 0.2) is 43.1 Å². The van der Waals surface area contributed by atoms with E-state index in [0.717, 1.165) is 17.8 Å². The van der Waals surface area contributed by atoms with Gasteiger partial charge in [0.2, 0.25) is 5.95 Å². The standard InChI is InChI=1S/C16H18N8O/c1-2-24-10-12(8-21-24)22-16-20-9-13(14(17)25)15(23-16)19-7-11-4-3-5-18-6-11/h3-6,8-10H,2,7H2,1H3,(H2,17,25)(H2,19,20,22,23). The molecule has 0 aliphatic heterocycles. The second-order valence-electron chi connectivity index (χ2n) is 5.24. The summed E-state index contributed by atoms with van der Waals surface area (Å²) in [5, 5.41) is 10.3. The molecular formula is C16H18N8O. The minimum absolute atomic E-state index is 0.221. The molecule has 0 aliphatic rings. The van der Waals surface area contributed by atoms with Crippen LogP contribution in [0.2, 0.25) is 0 Å². The highest BCUT2D eigenvalue weighted by atomic mass is 16.1. The van der Waals surface area contributed by atoms with Gasteiger partial charge in [0, 0.05) is 37.9 Å². The summed E-state index contributed by atoms with van der Waals surface area (Å²) in [6.45, 7) is 3.22. The molecule has 3 rings (SSSR count). The number of rotatable bonds is 7. The van der Waals surface area contributed by atoms with Crippen molar-refractivity contribution in [1.82, 2.24) is 24.7 Å². The number of carbonyl (C=O) groups excluding carboxylic acids is 1. The van der Waals surface area contributed by atoms with Crippen molar-refractivity contribution in [2.75, 3.05) is 10.6 Å². The highest BCUT2D eigenvalue weighted by Crippen LogP contribution is 2.17. The topological polar surface area (TPSA) is 124 Å². The molecule has 1 amide bonds. The minimum atomic E-state index is -0.598. The fourth-order valence-corrected chi connectivity index (χ4v) is 2.18. The number of aryl methyl sites for hydroxylation is 1. The molecular weight excluding hydrogens is 320 g/mol. The predicted octanol–water partition coefficient (Wildman–Crippen LogP) is 1.54. The van der Waals surface area contributed by atoms with E-state index in [4.69, 9.17) is 5.73 Å². The number of hydrogen-bond donors (Lipinski definition) is 3. The molecule has 0 bridgehead atoms. The number of hydrogen-bond acceptors (Lipinski definition) is 7. The van der Waals surface area contributed by atoms with Gasteiger partial charge in [0.15, 0.2) is 0 Å². The number of pyridine rings is 1. The Morgan fingerprint density at radius 3 is 2.88 bits per heavy atom. The number of primary amides is 1. The Bertz CT molecular complexity index is 862.